The molecule has 2 aliphatic rings. The van der Waals surface area contributed by atoms with E-state index < -0.39 is 0 Å². The molecule has 3 unspecified atom stereocenters. The molecular weight excluding hydrogens is 312 g/mol. The monoisotopic (exact) mass is 360 g/mol. The van der Waals surface area contributed by atoms with E-state index in [1.54, 1.807) is 11.1 Å². The summed E-state index contributed by atoms with van der Waals surface area (Å²) < 4.78 is 0. The van der Waals surface area contributed by atoms with Crippen molar-refractivity contribution in [3.8, 4) is 0 Å². The van der Waals surface area contributed by atoms with Crippen LogP contribution in [0.15, 0.2) is 23.3 Å². The topological polar surface area (TPSA) is 0 Å². The third kappa shape index (κ3) is 6.58. The van der Waals surface area contributed by atoms with Gasteiger partial charge in [-0.15, -0.1) is 0 Å². The third-order valence-electron chi connectivity index (χ3n) is 7.64. The Morgan fingerprint density at radius 1 is 0.962 bits per heavy atom. The molecule has 0 heterocycles. The number of allylic oxidation sites excluding steroid dienone is 4. The summed E-state index contributed by atoms with van der Waals surface area (Å²) in [5.41, 5.74) is 3.80. The fourth-order valence-electron chi connectivity index (χ4n) is 4.52. The number of hydrogen-bond donors (Lipinski definition) is 0. The van der Waals surface area contributed by atoms with Crippen LogP contribution in [0.3, 0.4) is 0 Å². The molecule has 0 radical (unpaired) electrons. The molecule has 0 aromatic rings. The molecule has 0 nitrogen and oxygen atoms in total. The molecule has 0 saturated heterocycles. The van der Waals surface area contributed by atoms with Gasteiger partial charge in [-0.3, -0.25) is 0 Å². The second-order valence-corrected chi connectivity index (χ2v) is 10.7. The Bertz CT molecular complexity index is 472. The smallest absolute Gasteiger partial charge is 0.0182 e. The van der Waals surface area contributed by atoms with Crippen molar-refractivity contribution in [2.24, 2.45) is 40.9 Å². The maximum atomic E-state index is 2.56. The molecule has 0 aromatic carbocycles. The van der Waals surface area contributed by atoms with Gasteiger partial charge in [0.25, 0.3) is 0 Å². The molecule has 3 atom stereocenters. The van der Waals surface area contributed by atoms with Gasteiger partial charge in [0.2, 0.25) is 0 Å². The Hall–Kier alpha value is -0.520. The highest BCUT2D eigenvalue weighted by Crippen LogP contribution is 2.42. The van der Waals surface area contributed by atoms with Gasteiger partial charge < -0.3 is 0 Å². The van der Waals surface area contributed by atoms with Gasteiger partial charge in [0.05, 0.1) is 0 Å². The van der Waals surface area contributed by atoms with Crippen LogP contribution in [0.1, 0.15) is 101 Å². The van der Waals surface area contributed by atoms with Gasteiger partial charge in [0.15, 0.2) is 0 Å². The standard InChI is InChI=1S/2C13H24/c1-10(2)13(4,5)12-8-6-11(3)7-9-12;1-9(2)12-7-6-11(5)13(8-12)10(3)4/h6,10,12H,7-9H2,1-5H3;8-11,13H,6-7H2,1-5H3. The molecule has 26 heavy (non-hydrogen) atoms. The molecule has 0 aliphatic heterocycles. The molecular formula is C26H48. The summed E-state index contributed by atoms with van der Waals surface area (Å²) in [6.45, 7) is 23.6. The van der Waals surface area contributed by atoms with Gasteiger partial charge >= 0.3 is 0 Å². The molecule has 0 bridgehead atoms. The first-order valence-corrected chi connectivity index (χ1v) is 11.3. The Morgan fingerprint density at radius 3 is 2.00 bits per heavy atom. The Labute approximate surface area is 165 Å². The van der Waals surface area contributed by atoms with Crippen molar-refractivity contribution in [1.82, 2.24) is 0 Å². The zero-order valence-electron chi connectivity index (χ0n) is 19.7. The largest absolute Gasteiger partial charge is 0.0853 e. The second kappa shape index (κ2) is 10.1. The lowest BCUT2D eigenvalue weighted by Gasteiger charge is -2.39. The van der Waals surface area contributed by atoms with Gasteiger partial charge in [-0.25, -0.2) is 0 Å². The van der Waals surface area contributed by atoms with Crippen molar-refractivity contribution >= 4 is 0 Å². The Morgan fingerprint density at radius 2 is 1.58 bits per heavy atom. The molecule has 0 amide bonds. The number of rotatable bonds is 4. The fourth-order valence-corrected chi connectivity index (χ4v) is 4.52. The van der Waals surface area contributed by atoms with Crippen LogP contribution in [0.4, 0.5) is 0 Å². The van der Waals surface area contributed by atoms with Crippen LogP contribution in [-0.4, -0.2) is 0 Å². The van der Waals surface area contributed by atoms with Crippen molar-refractivity contribution in [1.29, 1.82) is 0 Å². The summed E-state index contributed by atoms with van der Waals surface area (Å²) in [5, 5.41) is 0. The maximum Gasteiger partial charge on any atom is -0.0182 e. The average Bonchev–Trinajstić information content (AvgIpc) is 2.55. The van der Waals surface area contributed by atoms with E-state index in [2.05, 4.69) is 81.4 Å². The summed E-state index contributed by atoms with van der Waals surface area (Å²) in [6, 6.07) is 0. The number of hydrogen-bond acceptors (Lipinski definition) is 0. The predicted octanol–water partition coefficient (Wildman–Crippen LogP) is 8.69. The van der Waals surface area contributed by atoms with E-state index in [4.69, 9.17) is 0 Å². The lowest BCUT2D eigenvalue weighted by atomic mass is 9.66. The summed E-state index contributed by atoms with van der Waals surface area (Å²) in [6.07, 6.45) is 11.8. The first-order valence-electron chi connectivity index (χ1n) is 11.3. The van der Waals surface area contributed by atoms with Gasteiger partial charge in [-0.2, -0.15) is 0 Å². The van der Waals surface area contributed by atoms with Crippen molar-refractivity contribution in [2.45, 2.75) is 101 Å². The molecule has 0 heteroatoms. The second-order valence-electron chi connectivity index (χ2n) is 10.7. The van der Waals surface area contributed by atoms with Gasteiger partial charge in [-0.05, 0) is 80.0 Å². The molecule has 152 valence electrons. The zero-order chi connectivity index (χ0) is 20.1. The van der Waals surface area contributed by atoms with Crippen LogP contribution in [0.2, 0.25) is 0 Å². The highest BCUT2D eigenvalue weighted by atomic mass is 14.4. The SMILES string of the molecule is CC(C)C1=CC(C(C)C)C(C)CC1.CC1=CCC(C(C)(C)C(C)C)CC1. The quantitative estimate of drug-likeness (QED) is 0.440. The van der Waals surface area contributed by atoms with E-state index in [0.717, 1.165) is 35.5 Å². The zero-order valence-corrected chi connectivity index (χ0v) is 19.7. The molecule has 0 N–H and O–H groups in total. The van der Waals surface area contributed by atoms with Crippen molar-refractivity contribution in [3.05, 3.63) is 23.3 Å². The molecule has 0 saturated carbocycles. The van der Waals surface area contributed by atoms with Crippen LogP contribution >= 0.6 is 0 Å². The molecule has 0 aromatic heterocycles. The van der Waals surface area contributed by atoms with Crippen molar-refractivity contribution < 1.29 is 0 Å². The first kappa shape index (κ1) is 23.5. The minimum atomic E-state index is 0.511. The van der Waals surface area contributed by atoms with Crippen molar-refractivity contribution in [3.63, 3.8) is 0 Å². The molecule has 2 aliphatic carbocycles. The summed E-state index contributed by atoms with van der Waals surface area (Å²) in [7, 11) is 0. The van der Waals surface area contributed by atoms with Gasteiger partial charge in [0.1, 0.15) is 0 Å². The minimum absolute atomic E-state index is 0.511. The summed E-state index contributed by atoms with van der Waals surface area (Å²) in [5.74, 6) is 4.98. The lowest BCUT2D eigenvalue weighted by molar-refractivity contribution is 0.126. The molecule has 0 spiro atoms. The Balaban J connectivity index is 0.000000260. The normalized spacial score (nSPS) is 27.2. The average molecular weight is 361 g/mol. The van der Waals surface area contributed by atoms with Crippen LogP contribution in [-0.2, 0) is 0 Å². The van der Waals surface area contributed by atoms with E-state index in [1.807, 2.05) is 0 Å². The van der Waals surface area contributed by atoms with Crippen molar-refractivity contribution in [2.75, 3.05) is 0 Å². The highest BCUT2D eigenvalue weighted by Gasteiger charge is 2.32. The minimum Gasteiger partial charge on any atom is -0.0853 e. The maximum absolute atomic E-state index is 2.56. The Kier molecular flexibility index (Phi) is 9.17. The lowest BCUT2D eigenvalue weighted by Crippen LogP contribution is -2.30. The van der Waals surface area contributed by atoms with E-state index in [0.29, 0.717) is 5.41 Å². The molecule has 0 fully saturated rings. The van der Waals surface area contributed by atoms with E-state index in [-0.39, 0.29) is 0 Å². The summed E-state index contributed by atoms with van der Waals surface area (Å²) >= 11 is 0. The highest BCUT2D eigenvalue weighted by molar-refractivity contribution is 5.12. The third-order valence-corrected chi connectivity index (χ3v) is 7.64. The first-order chi connectivity index (χ1) is 12.0. The summed E-state index contributed by atoms with van der Waals surface area (Å²) in [4.78, 5) is 0. The van der Waals surface area contributed by atoms with Crippen LogP contribution < -0.4 is 0 Å². The molecule has 2 rings (SSSR count). The van der Waals surface area contributed by atoms with E-state index in [1.165, 1.54) is 32.1 Å². The van der Waals surface area contributed by atoms with E-state index >= 15 is 0 Å². The van der Waals surface area contributed by atoms with Crippen LogP contribution in [0.25, 0.3) is 0 Å². The fraction of sp³-hybridized carbons (Fsp3) is 0.846. The van der Waals surface area contributed by atoms with Gasteiger partial charge in [0, 0.05) is 0 Å². The van der Waals surface area contributed by atoms with Crippen LogP contribution in [0, 0.1) is 40.9 Å². The predicted molar refractivity (Wildman–Crippen MR) is 119 cm³/mol. The van der Waals surface area contributed by atoms with Crippen LogP contribution in [0.5, 0.6) is 0 Å². The van der Waals surface area contributed by atoms with E-state index in [9.17, 15) is 0 Å². The van der Waals surface area contributed by atoms with Gasteiger partial charge in [-0.1, -0.05) is 85.6 Å².